The van der Waals surface area contributed by atoms with E-state index in [-0.39, 0.29) is 18.0 Å². The quantitative estimate of drug-likeness (QED) is 0.781. The fraction of sp³-hybridized carbons (Fsp3) is 0.562. The molecule has 134 valence electrons. The minimum Gasteiger partial charge on any atom is -0.338 e. The van der Waals surface area contributed by atoms with E-state index in [1.165, 1.54) is 4.90 Å². The lowest BCUT2D eigenvalue weighted by Crippen LogP contribution is -2.40. The van der Waals surface area contributed by atoms with Crippen molar-refractivity contribution in [2.75, 3.05) is 26.2 Å². The lowest BCUT2D eigenvalue weighted by atomic mass is 10.1. The average Bonchev–Trinajstić information content (AvgIpc) is 2.91. The molecular weight excluding hydrogens is 387 g/mol. The second kappa shape index (κ2) is 8.20. The standard InChI is InChI=1S/C16H21BrF3N3O/c1-11(13-2-4-14(17)5-3-13)22-15(24)21-8-12-6-7-23(9-12)10-16(18,19)20/h2-5,11-12H,6-10H2,1H3,(H2,21,22,24)/t11-,12-/m0/s1. The molecule has 1 aromatic carbocycles. The van der Waals surface area contributed by atoms with Gasteiger partial charge in [-0.2, -0.15) is 13.2 Å². The van der Waals surface area contributed by atoms with E-state index in [0.717, 1.165) is 10.0 Å². The van der Waals surface area contributed by atoms with Crippen molar-refractivity contribution in [3.05, 3.63) is 34.3 Å². The van der Waals surface area contributed by atoms with Crippen molar-refractivity contribution in [2.24, 2.45) is 5.92 Å². The molecule has 2 N–H and O–H groups in total. The SMILES string of the molecule is C[C@H](NC(=O)NC[C@@H]1CCN(CC(F)(F)F)C1)c1ccc(Br)cc1. The van der Waals surface area contributed by atoms with Gasteiger partial charge in [-0.3, -0.25) is 4.90 Å². The largest absolute Gasteiger partial charge is 0.401 e. The van der Waals surface area contributed by atoms with E-state index in [1.54, 1.807) is 0 Å². The Morgan fingerprint density at radius 2 is 2.04 bits per heavy atom. The lowest BCUT2D eigenvalue weighted by Gasteiger charge is -2.19. The van der Waals surface area contributed by atoms with Gasteiger partial charge in [-0.15, -0.1) is 0 Å². The third-order valence-corrected chi connectivity index (χ3v) is 4.57. The highest BCUT2D eigenvalue weighted by atomic mass is 79.9. The first-order valence-corrected chi connectivity index (χ1v) is 8.61. The minimum absolute atomic E-state index is 0.0566. The number of nitrogens with one attached hydrogen (secondary N) is 2. The molecule has 2 atom stereocenters. The number of amides is 2. The molecule has 4 nitrogen and oxygen atoms in total. The molecule has 0 aromatic heterocycles. The van der Waals surface area contributed by atoms with Crippen LogP contribution in [0.25, 0.3) is 0 Å². The Hall–Kier alpha value is -1.28. The van der Waals surface area contributed by atoms with Gasteiger partial charge in [0.25, 0.3) is 0 Å². The number of carbonyl (C=O) groups excluding carboxylic acids is 1. The highest BCUT2D eigenvalue weighted by Gasteiger charge is 2.34. The van der Waals surface area contributed by atoms with Crippen molar-refractivity contribution in [3.8, 4) is 0 Å². The molecule has 2 rings (SSSR count). The molecule has 1 aliphatic rings. The summed E-state index contributed by atoms with van der Waals surface area (Å²) in [6.45, 7) is 2.16. The van der Waals surface area contributed by atoms with E-state index in [4.69, 9.17) is 0 Å². The van der Waals surface area contributed by atoms with Gasteiger partial charge < -0.3 is 10.6 Å². The first-order chi connectivity index (χ1) is 11.2. The lowest BCUT2D eigenvalue weighted by molar-refractivity contribution is -0.143. The predicted octanol–water partition coefficient (Wildman–Crippen LogP) is 3.69. The van der Waals surface area contributed by atoms with Crippen molar-refractivity contribution < 1.29 is 18.0 Å². The van der Waals surface area contributed by atoms with Gasteiger partial charge in [-0.25, -0.2) is 4.79 Å². The van der Waals surface area contributed by atoms with Crippen molar-refractivity contribution in [2.45, 2.75) is 25.6 Å². The van der Waals surface area contributed by atoms with Crippen LogP contribution in [0.1, 0.15) is 24.9 Å². The molecule has 1 saturated heterocycles. The predicted molar refractivity (Wildman–Crippen MR) is 89.7 cm³/mol. The zero-order chi connectivity index (χ0) is 17.7. The van der Waals surface area contributed by atoms with Gasteiger partial charge in [-0.1, -0.05) is 28.1 Å². The van der Waals surface area contributed by atoms with Gasteiger partial charge >= 0.3 is 12.2 Å². The van der Waals surface area contributed by atoms with Crippen molar-refractivity contribution in [1.82, 2.24) is 15.5 Å². The van der Waals surface area contributed by atoms with Crippen LogP contribution in [0.2, 0.25) is 0 Å². The molecule has 1 heterocycles. The molecule has 2 amide bonds. The highest BCUT2D eigenvalue weighted by Crippen LogP contribution is 2.22. The summed E-state index contributed by atoms with van der Waals surface area (Å²) in [6, 6.07) is 7.18. The van der Waals surface area contributed by atoms with E-state index in [0.29, 0.717) is 26.1 Å². The number of likely N-dealkylation sites (tertiary alicyclic amines) is 1. The normalized spacial score (nSPS) is 20.0. The van der Waals surface area contributed by atoms with Gasteiger partial charge in [0.15, 0.2) is 0 Å². The Morgan fingerprint density at radius 1 is 1.38 bits per heavy atom. The third kappa shape index (κ3) is 6.32. The second-order valence-electron chi connectivity index (χ2n) is 6.13. The molecule has 1 aromatic rings. The van der Waals surface area contributed by atoms with Gasteiger partial charge in [0.05, 0.1) is 12.6 Å². The van der Waals surface area contributed by atoms with Crippen LogP contribution in [-0.2, 0) is 0 Å². The van der Waals surface area contributed by atoms with Gasteiger partial charge in [-0.05, 0) is 43.5 Å². The number of halogens is 4. The number of carbonyl (C=O) groups is 1. The maximum absolute atomic E-state index is 12.4. The van der Waals surface area contributed by atoms with Crippen LogP contribution >= 0.6 is 15.9 Å². The van der Waals surface area contributed by atoms with E-state index in [2.05, 4.69) is 26.6 Å². The fourth-order valence-electron chi connectivity index (χ4n) is 2.80. The number of alkyl halides is 3. The third-order valence-electron chi connectivity index (χ3n) is 4.04. The molecule has 8 heteroatoms. The van der Waals surface area contributed by atoms with Crippen LogP contribution in [0, 0.1) is 5.92 Å². The van der Waals surface area contributed by atoms with Gasteiger partial charge in [0, 0.05) is 17.6 Å². The number of urea groups is 1. The topological polar surface area (TPSA) is 44.4 Å². The van der Waals surface area contributed by atoms with Crippen LogP contribution in [0.3, 0.4) is 0 Å². The number of hydrogen-bond acceptors (Lipinski definition) is 2. The van der Waals surface area contributed by atoms with Gasteiger partial charge in [0.2, 0.25) is 0 Å². The number of rotatable bonds is 5. The van der Waals surface area contributed by atoms with Crippen LogP contribution in [0.15, 0.2) is 28.7 Å². The van der Waals surface area contributed by atoms with Crippen LogP contribution in [-0.4, -0.2) is 43.3 Å². The summed E-state index contributed by atoms with van der Waals surface area (Å²) in [7, 11) is 0. The molecule has 0 saturated carbocycles. The Bertz CT molecular complexity index is 550. The summed E-state index contributed by atoms with van der Waals surface area (Å²) in [5.41, 5.74) is 0.977. The summed E-state index contributed by atoms with van der Waals surface area (Å²) in [4.78, 5) is 13.3. The molecule has 0 radical (unpaired) electrons. The first kappa shape index (κ1) is 19.1. The summed E-state index contributed by atoms with van der Waals surface area (Å²) >= 11 is 3.36. The van der Waals surface area contributed by atoms with E-state index >= 15 is 0 Å². The van der Waals surface area contributed by atoms with E-state index in [1.807, 2.05) is 31.2 Å². The zero-order valence-electron chi connectivity index (χ0n) is 13.4. The molecule has 0 unspecified atom stereocenters. The average molecular weight is 408 g/mol. The molecule has 0 spiro atoms. The van der Waals surface area contributed by atoms with Crippen LogP contribution < -0.4 is 10.6 Å². The summed E-state index contributed by atoms with van der Waals surface area (Å²) in [5, 5.41) is 5.58. The maximum atomic E-state index is 12.4. The highest BCUT2D eigenvalue weighted by molar-refractivity contribution is 9.10. The maximum Gasteiger partial charge on any atom is 0.401 e. The molecule has 1 fully saturated rings. The fourth-order valence-corrected chi connectivity index (χ4v) is 3.06. The Labute approximate surface area is 147 Å². The number of benzene rings is 1. The molecule has 1 aliphatic heterocycles. The molecule has 0 bridgehead atoms. The van der Waals surface area contributed by atoms with Gasteiger partial charge in [0.1, 0.15) is 0 Å². The number of nitrogens with zero attached hydrogens (tertiary/aromatic N) is 1. The van der Waals surface area contributed by atoms with Crippen molar-refractivity contribution >= 4 is 22.0 Å². The summed E-state index contributed by atoms with van der Waals surface area (Å²) < 4.78 is 38.0. The minimum atomic E-state index is -4.17. The number of hydrogen-bond donors (Lipinski definition) is 2. The Kier molecular flexibility index (Phi) is 6.51. The van der Waals surface area contributed by atoms with Crippen LogP contribution in [0.5, 0.6) is 0 Å². The molecule has 24 heavy (non-hydrogen) atoms. The Morgan fingerprint density at radius 3 is 2.67 bits per heavy atom. The molecular formula is C16H21BrF3N3O. The second-order valence-corrected chi connectivity index (χ2v) is 7.05. The smallest absolute Gasteiger partial charge is 0.338 e. The monoisotopic (exact) mass is 407 g/mol. The Balaban J connectivity index is 1.71. The summed E-state index contributed by atoms with van der Waals surface area (Å²) in [6.07, 6.45) is -3.50. The van der Waals surface area contributed by atoms with E-state index in [9.17, 15) is 18.0 Å². The van der Waals surface area contributed by atoms with Crippen molar-refractivity contribution in [1.29, 1.82) is 0 Å². The summed E-state index contributed by atoms with van der Waals surface area (Å²) in [5.74, 6) is 0.0566. The van der Waals surface area contributed by atoms with Crippen molar-refractivity contribution in [3.63, 3.8) is 0 Å². The van der Waals surface area contributed by atoms with Crippen LogP contribution in [0.4, 0.5) is 18.0 Å². The van der Waals surface area contributed by atoms with E-state index < -0.39 is 12.7 Å². The zero-order valence-corrected chi connectivity index (χ0v) is 15.0. The molecule has 0 aliphatic carbocycles. The first-order valence-electron chi connectivity index (χ1n) is 7.82.